The standard InChI is InChI=1S/C23H29N3O4S/c1-17(22(28)24-23(2,3)4)25(14-18-8-6-5-7-9-18)21(27)16-31-15-19-10-12-20(13-11-19)26(29)30/h5-13,17H,14-16H2,1-4H3,(H,24,28)/t17-/m0/s1. The van der Waals surface area contributed by atoms with Crippen molar-refractivity contribution in [2.75, 3.05) is 5.75 Å². The lowest BCUT2D eigenvalue weighted by Gasteiger charge is -2.31. The molecule has 0 unspecified atom stereocenters. The molecular formula is C23H29N3O4S. The van der Waals surface area contributed by atoms with Crippen molar-refractivity contribution in [3.63, 3.8) is 0 Å². The van der Waals surface area contributed by atoms with Gasteiger partial charge in [-0.05, 0) is 38.8 Å². The van der Waals surface area contributed by atoms with Crippen molar-refractivity contribution in [1.29, 1.82) is 0 Å². The van der Waals surface area contributed by atoms with Crippen LogP contribution in [0.1, 0.15) is 38.8 Å². The molecule has 2 aromatic rings. The summed E-state index contributed by atoms with van der Waals surface area (Å²) in [4.78, 5) is 37.7. The van der Waals surface area contributed by atoms with Crippen LogP contribution in [0.15, 0.2) is 54.6 Å². The fourth-order valence-corrected chi connectivity index (χ4v) is 3.76. The number of nitrogens with zero attached hydrogens (tertiary/aromatic N) is 2. The lowest BCUT2D eigenvalue weighted by atomic mass is 10.1. The summed E-state index contributed by atoms with van der Waals surface area (Å²) in [5, 5.41) is 13.7. The fraction of sp³-hybridized carbons (Fsp3) is 0.391. The van der Waals surface area contributed by atoms with E-state index in [1.165, 1.54) is 23.9 Å². The molecule has 0 aliphatic rings. The first-order valence-electron chi connectivity index (χ1n) is 10.0. The quantitative estimate of drug-likeness (QED) is 0.464. The number of hydrogen-bond donors (Lipinski definition) is 1. The van der Waals surface area contributed by atoms with Gasteiger partial charge in [0.2, 0.25) is 11.8 Å². The lowest BCUT2D eigenvalue weighted by Crippen LogP contribution is -2.52. The van der Waals surface area contributed by atoms with E-state index in [0.29, 0.717) is 12.3 Å². The Morgan fingerprint density at radius 2 is 1.68 bits per heavy atom. The number of hydrogen-bond acceptors (Lipinski definition) is 5. The van der Waals surface area contributed by atoms with E-state index in [1.807, 2.05) is 51.1 Å². The van der Waals surface area contributed by atoms with Crippen LogP contribution in [0.25, 0.3) is 0 Å². The molecule has 31 heavy (non-hydrogen) atoms. The summed E-state index contributed by atoms with van der Waals surface area (Å²) in [7, 11) is 0. The Labute approximate surface area is 187 Å². The van der Waals surface area contributed by atoms with Gasteiger partial charge in [0.1, 0.15) is 6.04 Å². The van der Waals surface area contributed by atoms with Crippen LogP contribution in [0.3, 0.4) is 0 Å². The highest BCUT2D eigenvalue weighted by Crippen LogP contribution is 2.19. The van der Waals surface area contributed by atoms with Crippen LogP contribution in [0.5, 0.6) is 0 Å². The number of amides is 2. The van der Waals surface area contributed by atoms with Crippen LogP contribution in [0, 0.1) is 10.1 Å². The zero-order chi connectivity index (χ0) is 23.0. The van der Waals surface area contributed by atoms with Gasteiger partial charge in [-0.3, -0.25) is 19.7 Å². The highest BCUT2D eigenvalue weighted by Gasteiger charge is 2.28. The number of nitro groups is 1. The van der Waals surface area contributed by atoms with Crippen LogP contribution in [0.4, 0.5) is 5.69 Å². The van der Waals surface area contributed by atoms with Crippen LogP contribution >= 0.6 is 11.8 Å². The molecule has 7 nitrogen and oxygen atoms in total. The number of nitrogens with one attached hydrogen (secondary N) is 1. The largest absolute Gasteiger partial charge is 0.350 e. The molecule has 166 valence electrons. The molecule has 1 atom stereocenters. The SMILES string of the molecule is C[C@@H](C(=O)NC(C)(C)C)N(Cc1ccccc1)C(=O)CSCc1ccc([N+](=O)[O-])cc1. The van der Waals surface area contributed by atoms with E-state index in [-0.39, 0.29) is 23.3 Å². The van der Waals surface area contributed by atoms with Crippen molar-refractivity contribution in [2.45, 2.75) is 51.6 Å². The minimum absolute atomic E-state index is 0.0394. The van der Waals surface area contributed by atoms with Gasteiger partial charge in [-0.2, -0.15) is 0 Å². The molecule has 0 heterocycles. The maximum atomic E-state index is 13.0. The first-order valence-corrected chi connectivity index (χ1v) is 11.2. The minimum Gasteiger partial charge on any atom is -0.350 e. The van der Waals surface area contributed by atoms with Gasteiger partial charge in [-0.25, -0.2) is 0 Å². The monoisotopic (exact) mass is 443 g/mol. The topological polar surface area (TPSA) is 92.6 Å². The Balaban J connectivity index is 2.04. The first-order chi connectivity index (χ1) is 14.6. The number of non-ortho nitro benzene ring substituents is 1. The predicted molar refractivity (Wildman–Crippen MR) is 124 cm³/mol. The highest BCUT2D eigenvalue weighted by molar-refractivity contribution is 7.99. The van der Waals surface area contributed by atoms with Crippen molar-refractivity contribution < 1.29 is 14.5 Å². The summed E-state index contributed by atoms with van der Waals surface area (Å²) in [5.74, 6) is 0.423. The Hall–Kier alpha value is -2.87. The van der Waals surface area contributed by atoms with Crippen molar-refractivity contribution in [3.05, 3.63) is 75.8 Å². The van der Waals surface area contributed by atoms with Crippen molar-refractivity contribution in [1.82, 2.24) is 10.2 Å². The van der Waals surface area contributed by atoms with Gasteiger partial charge in [0.25, 0.3) is 5.69 Å². The van der Waals surface area contributed by atoms with E-state index >= 15 is 0 Å². The zero-order valence-corrected chi connectivity index (χ0v) is 19.1. The lowest BCUT2D eigenvalue weighted by molar-refractivity contribution is -0.384. The Morgan fingerprint density at radius 1 is 1.06 bits per heavy atom. The van der Waals surface area contributed by atoms with E-state index in [2.05, 4.69) is 5.32 Å². The second kappa shape index (κ2) is 10.9. The van der Waals surface area contributed by atoms with E-state index in [9.17, 15) is 19.7 Å². The summed E-state index contributed by atoms with van der Waals surface area (Å²) in [5.41, 5.74) is 1.50. The van der Waals surface area contributed by atoms with E-state index in [1.54, 1.807) is 24.0 Å². The third kappa shape index (κ3) is 8.05. The van der Waals surface area contributed by atoms with Crippen LogP contribution in [0.2, 0.25) is 0 Å². The van der Waals surface area contributed by atoms with Crippen molar-refractivity contribution in [2.24, 2.45) is 0 Å². The number of carbonyl (C=O) groups excluding carboxylic acids is 2. The van der Waals surface area contributed by atoms with E-state index in [4.69, 9.17) is 0 Å². The normalized spacial score (nSPS) is 12.1. The first kappa shape index (κ1) is 24.4. The van der Waals surface area contributed by atoms with Gasteiger partial charge in [-0.15, -0.1) is 11.8 Å². The molecule has 0 spiro atoms. The summed E-state index contributed by atoms with van der Waals surface area (Å²) in [6.45, 7) is 7.79. The summed E-state index contributed by atoms with van der Waals surface area (Å²) < 4.78 is 0. The Bertz CT molecular complexity index is 895. The van der Waals surface area contributed by atoms with Crippen molar-refractivity contribution in [3.8, 4) is 0 Å². The number of benzene rings is 2. The third-order valence-corrected chi connectivity index (χ3v) is 5.49. The van der Waals surface area contributed by atoms with E-state index < -0.39 is 16.5 Å². The van der Waals surface area contributed by atoms with E-state index in [0.717, 1.165) is 11.1 Å². The van der Waals surface area contributed by atoms with Crippen LogP contribution in [-0.4, -0.2) is 39.0 Å². The molecule has 8 heteroatoms. The van der Waals surface area contributed by atoms with Gasteiger partial charge >= 0.3 is 0 Å². The van der Waals surface area contributed by atoms with Crippen LogP contribution in [-0.2, 0) is 21.9 Å². The summed E-state index contributed by atoms with van der Waals surface area (Å²) in [6, 6.07) is 15.3. The second-order valence-electron chi connectivity index (χ2n) is 8.34. The van der Waals surface area contributed by atoms with Crippen LogP contribution < -0.4 is 5.32 Å². The number of rotatable bonds is 9. The van der Waals surface area contributed by atoms with Gasteiger partial charge < -0.3 is 10.2 Å². The Kier molecular flexibility index (Phi) is 8.62. The average molecular weight is 444 g/mol. The van der Waals surface area contributed by atoms with Gasteiger partial charge in [-0.1, -0.05) is 42.5 Å². The molecule has 0 radical (unpaired) electrons. The smallest absolute Gasteiger partial charge is 0.269 e. The molecule has 0 saturated heterocycles. The molecule has 2 aromatic carbocycles. The summed E-state index contributed by atoms with van der Waals surface area (Å²) in [6.07, 6.45) is 0. The highest BCUT2D eigenvalue weighted by atomic mass is 32.2. The molecule has 1 N–H and O–H groups in total. The third-order valence-electron chi connectivity index (χ3n) is 4.50. The van der Waals surface area contributed by atoms with Gasteiger partial charge in [0.15, 0.2) is 0 Å². The number of thioether (sulfide) groups is 1. The molecule has 2 amide bonds. The molecule has 0 aliphatic heterocycles. The van der Waals surface area contributed by atoms with Gasteiger partial charge in [0.05, 0.1) is 10.7 Å². The summed E-state index contributed by atoms with van der Waals surface area (Å²) >= 11 is 1.42. The maximum Gasteiger partial charge on any atom is 0.269 e. The molecule has 0 aliphatic carbocycles. The zero-order valence-electron chi connectivity index (χ0n) is 18.3. The fourth-order valence-electron chi connectivity index (χ4n) is 2.89. The van der Waals surface area contributed by atoms with Gasteiger partial charge in [0, 0.05) is 30.0 Å². The van der Waals surface area contributed by atoms with Crippen molar-refractivity contribution >= 4 is 29.3 Å². The minimum atomic E-state index is -0.619. The molecule has 0 fully saturated rings. The maximum absolute atomic E-state index is 13.0. The molecular weight excluding hydrogens is 414 g/mol. The second-order valence-corrected chi connectivity index (χ2v) is 9.32. The number of carbonyl (C=O) groups is 2. The predicted octanol–water partition coefficient (Wildman–Crippen LogP) is 4.16. The molecule has 0 bridgehead atoms. The molecule has 2 rings (SSSR count). The molecule has 0 saturated carbocycles. The average Bonchev–Trinajstić information content (AvgIpc) is 2.71. The molecule has 0 aromatic heterocycles. The Morgan fingerprint density at radius 3 is 2.23 bits per heavy atom. The number of nitro benzene ring substituents is 1.